The van der Waals surface area contributed by atoms with E-state index >= 15 is 0 Å². The Hall–Kier alpha value is -2.88. The highest BCUT2D eigenvalue weighted by molar-refractivity contribution is 6.60. The molecule has 0 spiro atoms. The number of nitrogens with zero attached hydrogens (tertiary/aromatic N) is 2. The molecule has 0 saturated heterocycles. The van der Waals surface area contributed by atoms with E-state index in [0.717, 1.165) is 11.1 Å². The van der Waals surface area contributed by atoms with E-state index in [0.29, 0.717) is 24.5 Å². The van der Waals surface area contributed by atoms with Crippen molar-refractivity contribution in [2.75, 3.05) is 0 Å². The lowest BCUT2D eigenvalue weighted by molar-refractivity contribution is -0.116. The van der Waals surface area contributed by atoms with E-state index in [2.05, 4.69) is 9.98 Å². The summed E-state index contributed by atoms with van der Waals surface area (Å²) in [6.07, 6.45) is 0.110. The number of Topliss-reactive ketones (excluding diaryl/α,β-unsaturated/α-hetero) is 2. The van der Waals surface area contributed by atoms with Gasteiger partial charge in [0.2, 0.25) is 0 Å². The first-order chi connectivity index (χ1) is 11.7. The van der Waals surface area contributed by atoms with Crippen LogP contribution in [0, 0.1) is 0 Å². The van der Waals surface area contributed by atoms with E-state index in [4.69, 9.17) is 0 Å². The van der Waals surface area contributed by atoms with Gasteiger partial charge in [-0.3, -0.25) is 19.6 Å². The minimum absolute atomic E-state index is 0.0549. The predicted octanol–water partition coefficient (Wildman–Crippen LogP) is 3.20. The van der Waals surface area contributed by atoms with Gasteiger partial charge in [-0.2, -0.15) is 0 Å². The molecule has 24 heavy (non-hydrogen) atoms. The first kappa shape index (κ1) is 16.0. The molecule has 0 unspecified atom stereocenters. The lowest BCUT2D eigenvalue weighted by Crippen LogP contribution is -2.33. The monoisotopic (exact) mass is 318 g/mol. The van der Waals surface area contributed by atoms with Crippen molar-refractivity contribution in [2.24, 2.45) is 9.98 Å². The zero-order valence-corrected chi connectivity index (χ0v) is 13.3. The second-order valence-corrected chi connectivity index (χ2v) is 5.70. The summed E-state index contributed by atoms with van der Waals surface area (Å²) in [7, 11) is 0. The van der Waals surface area contributed by atoms with Crippen molar-refractivity contribution < 1.29 is 9.59 Å². The van der Waals surface area contributed by atoms with Crippen LogP contribution in [0.1, 0.15) is 24.0 Å². The van der Waals surface area contributed by atoms with Gasteiger partial charge in [0, 0.05) is 0 Å². The van der Waals surface area contributed by atoms with Gasteiger partial charge < -0.3 is 0 Å². The molecule has 1 saturated carbocycles. The Labute approximate surface area is 141 Å². The topological polar surface area (TPSA) is 58.9 Å². The lowest BCUT2D eigenvalue weighted by atomic mass is 9.93. The Kier molecular flexibility index (Phi) is 5.06. The third-order valence-corrected chi connectivity index (χ3v) is 3.89. The summed E-state index contributed by atoms with van der Waals surface area (Å²) in [4.78, 5) is 33.1. The van der Waals surface area contributed by atoms with Crippen LogP contribution in [0.3, 0.4) is 0 Å². The summed E-state index contributed by atoms with van der Waals surface area (Å²) in [5, 5.41) is 0. The summed E-state index contributed by atoms with van der Waals surface area (Å²) in [5.41, 5.74) is 2.77. The Morgan fingerprint density at radius 1 is 0.625 bits per heavy atom. The number of benzene rings is 2. The van der Waals surface area contributed by atoms with Gasteiger partial charge in [0.05, 0.1) is 37.4 Å². The molecule has 2 aromatic carbocycles. The van der Waals surface area contributed by atoms with Crippen LogP contribution in [0.25, 0.3) is 0 Å². The molecule has 4 heteroatoms. The number of carbonyl (C=O) groups excluding carboxylic acids is 2. The fraction of sp³-hybridized carbons (Fsp3) is 0.200. The molecule has 2 aromatic rings. The first-order valence-electron chi connectivity index (χ1n) is 7.93. The molecule has 0 atom stereocenters. The highest BCUT2D eigenvalue weighted by atomic mass is 16.1. The largest absolute Gasteiger partial charge is 0.292 e. The molecule has 0 heterocycles. The molecule has 4 nitrogen and oxygen atoms in total. The summed E-state index contributed by atoms with van der Waals surface area (Å²) in [5.74, 6) is -0.199. The van der Waals surface area contributed by atoms with E-state index in [1.165, 1.54) is 0 Å². The molecule has 1 aliphatic carbocycles. The van der Waals surface area contributed by atoms with Crippen LogP contribution in [0.5, 0.6) is 0 Å². The van der Waals surface area contributed by atoms with Crippen LogP contribution >= 0.6 is 0 Å². The average molecular weight is 318 g/mol. The van der Waals surface area contributed by atoms with Crippen molar-refractivity contribution in [3.63, 3.8) is 0 Å². The summed E-state index contributed by atoms with van der Waals surface area (Å²) in [6, 6.07) is 19.4. The van der Waals surface area contributed by atoms with Crippen LogP contribution in [-0.2, 0) is 22.7 Å². The zero-order valence-electron chi connectivity index (χ0n) is 13.3. The second-order valence-electron chi connectivity index (χ2n) is 5.70. The van der Waals surface area contributed by atoms with Crippen LogP contribution in [0.15, 0.2) is 70.6 Å². The maximum absolute atomic E-state index is 12.2. The molecular weight excluding hydrogens is 300 g/mol. The highest BCUT2D eigenvalue weighted by Crippen LogP contribution is 2.11. The van der Waals surface area contributed by atoms with Gasteiger partial charge in [0.25, 0.3) is 0 Å². The Morgan fingerprint density at radius 2 is 1.00 bits per heavy atom. The third-order valence-electron chi connectivity index (χ3n) is 3.89. The SMILES string of the molecule is O=C1CC(=NCc2ccccc2)C(=O)CC1=NCc1ccccc1. The van der Waals surface area contributed by atoms with Gasteiger partial charge >= 0.3 is 0 Å². The fourth-order valence-corrected chi connectivity index (χ4v) is 2.53. The summed E-state index contributed by atoms with van der Waals surface area (Å²) >= 11 is 0. The fourth-order valence-electron chi connectivity index (χ4n) is 2.53. The average Bonchev–Trinajstić information content (AvgIpc) is 2.62. The zero-order chi connectivity index (χ0) is 16.8. The molecule has 1 fully saturated rings. The van der Waals surface area contributed by atoms with Gasteiger partial charge in [-0.05, 0) is 11.1 Å². The summed E-state index contributed by atoms with van der Waals surface area (Å²) < 4.78 is 0. The molecule has 3 rings (SSSR count). The van der Waals surface area contributed by atoms with Crippen LogP contribution < -0.4 is 0 Å². The third kappa shape index (κ3) is 4.10. The molecule has 0 radical (unpaired) electrons. The molecule has 0 aliphatic heterocycles. The maximum Gasteiger partial charge on any atom is 0.183 e. The molecule has 0 bridgehead atoms. The van der Waals surface area contributed by atoms with Gasteiger partial charge in [-0.1, -0.05) is 60.7 Å². The molecule has 0 aromatic heterocycles. The normalized spacial score (nSPS) is 18.3. The standard InChI is InChI=1S/C20H18N2O2/c23-19-12-18(22-14-16-9-5-2-6-10-16)20(24)11-17(19)21-13-15-7-3-1-4-8-15/h1-10H,11-14H2. The van der Waals surface area contributed by atoms with E-state index in [9.17, 15) is 9.59 Å². The van der Waals surface area contributed by atoms with Gasteiger partial charge in [0.1, 0.15) is 0 Å². The van der Waals surface area contributed by atoms with Crippen molar-refractivity contribution in [3.8, 4) is 0 Å². The van der Waals surface area contributed by atoms with E-state index in [1.54, 1.807) is 0 Å². The van der Waals surface area contributed by atoms with Crippen LogP contribution in [0.2, 0.25) is 0 Å². The van der Waals surface area contributed by atoms with Crippen LogP contribution in [0.4, 0.5) is 0 Å². The summed E-state index contributed by atoms with van der Waals surface area (Å²) in [6.45, 7) is 0.845. The number of rotatable bonds is 4. The second kappa shape index (κ2) is 7.59. The molecule has 0 amide bonds. The van der Waals surface area contributed by atoms with Gasteiger partial charge in [-0.15, -0.1) is 0 Å². The smallest absolute Gasteiger partial charge is 0.183 e. The Bertz CT molecular complexity index is 723. The lowest BCUT2D eigenvalue weighted by Gasteiger charge is -2.13. The molecule has 120 valence electrons. The highest BCUT2D eigenvalue weighted by Gasteiger charge is 2.28. The van der Waals surface area contributed by atoms with Gasteiger partial charge in [0.15, 0.2) is 11.6 Å². The van der Waals surface area contributed by atoms with Gasteiger partial charge in [-0.25, -0.2) is 0 Å². The minimum atomic E-state index is -0.0997. The number of carbonyl (C=O) groups is 2. The van der Waals surface area contributed by atoms with Crippen molar-refractivity contribution in [3.05, 3.63) is 71.8 Å². The van der Waals surface area contributed by atoms with Crippen molar-refractivity contribution in [1.29, 1.82) is 0 Å². The molecule has 0 N–H and O–H groups in total. The van der Waals surface area contributed by atoms with Crippen LogP contribution in [-0.4, -0.2) is 23.0 Å². The molecular formula is C20H18N2O2. The molecule has 1 aliphatic rings. The number of hydrogen-bond donors (Lipinski definition) is 0. The quantitative estimate of drug-likeness (QED) is 0.869. The van der Waals surface area contributed by atoms with E-state index in [-0.39, 0.29) is 24.4 Å². The maximum atomic E-state index is 12.2. The Balaban J connectivity index is 1.66. The Morgan fingerprint density at radius 3 is 1.38 bits per heavy atom. The predicted molar refractivity (Wildman–Crippen MR) is 94.4 cm³/mol. The van der Waals surface area contributed by atoms with E-state index < -0.39 is 0 Å². The van der Waals surface area contributed by atoms with Crippen molar-refractivity contribution in [2.45, 2.75) is 25.9 Å². The van der Waals surface area contributed by atoms with Crippen molar-refractivity contribution in [1.82, 2.24) is 0 Å². The number of aliphatic imine (C=N–C) groups is 2. The number of hydrogen-bond acceptors (Lipinski definition) is 4. The minimum Gasteiger partial charge on any atom is -0.292 e. The van der Waals surface area contributed by atoms with Crippen molar-refractivity contribution >= 4 is 23.0 Å². The number of ketones is 2. The van der Waals surface area contributed by atoms with E-state index in [1.807, 2.05) is 60.7 Å². The first-order valence-corrected chi connectivity index (χ1v) is 7.93.